The Morgan fingerprint density at radius 3 is 2.06 bits per heavy atom. The highest BCUT2D eigenvalue weighted by atomic mass is 19.4. The first-order valence-electron chi connectivity index (χ1n) is 10.0. The Morgan fingerprint density at radius 1 is 0.882 bits per heavy atom. The van der Waals surface area contributed by atoms with Crippen molar-refractivity contribution in [3.8, 4) is 22.6 Å². The molecule has 0 radical (unpaired) electrons. The van der Waals surface area contributed by atoms with Crippen LogP contribution in [0.25, 0.3) is 11.1 Å². The summed E-state index contributed by atoms with van der Waals surface area (Å²) >= 11 is 0. The summed E-state index contributed by atoms with van der Waals surface area (Å²) in [7, 11) is 0. The molecule has 0 aliphatic heterocycles. The number of allylic oxidation sites excluding steroid dienone is 1. The van der Waals surface area contributed by atoms with Crippen LogP contribution in [0.2, 0.25) is 0 Å². The Morgan fingerprint density at radius 2 is 1.53 bits per heavy atom. The zero-order valence-electron chi connectivity index (χ0n) is 17.7. The van der Waals surface area contributed by atoms with E-state index in [9.17, 15) is 30.7 Å². The number of hydrogen-bond donors (Lipinski definition) is 0. The Hall–Kier alpha value is -3.56. The summed E-state index contributed by atoms with van der Waals surface area (Å²) < 4.78 is 103. The van der Waals surface area contributed by atoms with Crippen LogP contribution >= 0.6 is 0 Å². The van der Waals surface area contributed by atoms with Crippen molar-refractivity contribution in [1.82, 2.24) is 4.98 Å². The van der Waals surface area contributed by atoms with Crippen LogP contribution in [-0.4, -0.2) is 11.2 Å². The van der Waals surface area contributed by atoms with Gasteiger partial charge in [-0.1, -0.05) is 31.5 Å². The van der Waals surface area contributed by atoms with Gasteiger partial charge in [-0.2, -0.15) is 22.0 Å². The number of hydrogen-bond acceptors (Lipinski definition) is 3. The standard InChI is InChI=1S/C24H18F7NO2/c1-2-3-15-4-9-21(32-14-15)24(30,31)34-18-7-5-16(6-8-18)17-12-19(25)22(20(26)13-17)33-11-10-23(27,28)29/h4-14H,2-3H2,1H3/b11-10+. The third-order valence-electron chi connectivity index (χ3n) is 4.54. The number of aromatic nitrogens is 1. The summed E-state index contributed by atoms with van der Waals surface area (Å²) in [6.45, 7) is 1.95. The van der Waals surface area contributed by atoms with Gasteiger partial charge in [0.15, 0.2) is 23.1 Å². The van der Waals surface area contributed by atoms with Crippen LogP contribution in [0.1, 0.15) is 24.6 Å². The van der Waals surface area contributed by atoms with E-state index < -0.39 is 35.4 Å². The van der Waals surface area contributed by atoms with Gasteiger partial charge in [-0.3, -0.25) is 4.98 Å². The van der Waals surface area contributed by atoms with Crippen LogP contribution < -0.4 is 9.47 Å². The van der Waals surface area contributed by atoms with E-state index in [0.29, 0.717) is 6.42 Å². The third-order valence-corrected chi connectivity index (χ3v) is 4.54. The Labute approximate surface area is 190 Å². The zero-order chi connectivity index (χ0) is 24.9. The van der Waals surface area contributed by atoms with Crippen LogP contribution in [0.3, 0.4) is 0 Å². The second kappa shape index (κ2) is 10.1. The van der Waals surface area contributed by atoms with Crippen LogP contribution in [0.15, 0.2) is 67.1 Å². The molecule has 0 saturated carbocycles. The Kier molecular flexibility index (Phi) is 7.48. The molecule has 180 valence electrons. The van der Waals surface area contributed by atoms with Crippen molar-refractivity contribution < 1.29 is 40.2 Å². The van der Waals surface area contributed by atoms with Crippen molar-refractivity contribution in [1.29, 1.82) is 0 Å². The third kappa shape index (κ3) is 6.49. The molecule has 3 aromatic rings. The molecular weight excluding hydrogens is 467 g/mol. The monoisotopic (exact) mass is 485 g/mol. The van der Waals surface area contributed by atoms with Gasteiger partial charge in [-0.25, -0.2) is 8.78 Å². The van der Waals surface area contributed by atoms with Gasteiger partial charge in [-0.15, -0.1) is 0 Å². The Balaban J connectivity index is 1.74. The minimum Gasteiger partial charge on any atom is -0.459 e. The van der Waals surface area contributed by atoms with E-state index in [1.807, 2.05) is 6.92 Å². The number of alkyl halides is 5. The molecule has 3 nitrogen and oxygen atoms in total. The SMILES string of the molecule is CCCc1ccc(C(F)(F)Oc2ccc(-c3cc(F)c(O/C=C/C(F)(F)F)c(F)c3)cc2)nc1. The molecule has 0 bridgehead atoms. The summed E-state index contributed by atoms with van der Waals surface area (Å²) in [6, 6.07) is 9.35. The van der Waals surface area contributed by atoms with Crippen molar-refractivity contribution in [2.45, 2.75) is 32.1 Å². The fourth-order valence-electron chi connectivity index (χ4n) is 2.97. The normalized spacial score (nSPS) is 12.2. The minimum absolute atomic E-state index is 0.00800. The maximum Gasteiger partial charge on any atom is 0.444 e. The first-order chi connectivity index (χ1) is 16.0. The topological polar surface area (TPSA) is 31.4 Å². The molecule has 0 spiro atoms. The molecule has 0 saturated heterocycles. The lowest BCUT2D eigenvalue weighted by Crippen LogP contribution is -2.23. The number of halogens is 7. The lowest BCUT2D eigenvalue weighted by molar-refractivity contribution is -0.188. The van der Waals surface area contributed by atoms with E-state index in [2.05, 4.69) is 9.72 Å². The molecule has 1 aromatic heterocycles. The summed E-state index contributed by atoms with van der Waals surface area (Å²) in [5.74, 6) is -3.72. The van der Waals surface area contributed by atoms with Crippen molar-refractivity contribution in [2.24, 2.45) is 0 Å². The second-order valence-electron chi connectivity index (χ2n) is 7.18. The van der Waals surface area contributed by atoms with Gasteiger partial charge in [0.25, 0.3) is 0 Å². The predicted molar refractivity (Wildman–Crippen MR) is 110 cm³/mol. The highest BCUT2D eigenvalue weighted by Gasteiger charge is 2.36. The van der Waals surface area contributed by atoms with Gasteiger partial charge >= 0.3 is 12.3 Å². The number of benzene rings is 2. The summed E-state index contributed by atoms with van der Waals surface area (Å²) in [6.07, 6.45) is -5.70. The van der Waals surface area contributed by atoms with Crippen molar-refractivity contribution in [3.05, 3.63) is 90.0 Å². The van der Waals surface area contributed by atoms with Crippen LogP contribution in [0.4, 0.5) is 30.7 Å². The molecule has 0 N–H and O–H groups in total. The maximum atomic E-state index is 14.4. The number of rotatable bonds is 8. The van der Waals surface area contributed by atoms with E-state index in [1.165, 1.54) is 36.5 Å². The molecule has 0 aliphatic carbocycles. The molecular formula is C24H18F7NO2. The second-order valence-corrected chi connectivity index (χ2v) is 7.18. The average molecular weight is 485 g/mol. The largest absolute Gasteiger partial charge is 0.459 e. The number of aryl methyl sites for hydroxylation is 1. The van der Waals surface area contributed by atoms with Crippen LogP contribution in [-0.2, 0) is 12.5 Å². The van der Waals surface area contributed by atoms with E-state index in [-0.39, 0.29) is 29.2 Å². The number of nitrogens with zero attached hydrogens (tertiary/aromatic N) is 1. The van der Waals surface area contributed by atoms with Gasteiger partial charge in [-0.05, 0) is 53.4 Å². The van der Waals surface area contributed by atoms with Gasteiger partial charge in [0.1, 0.15) is 5.75 Å². The molecule has 2 aromatic carbocycles. The van der Waals surface area contributed by atoms with Crippen molar-refractivity contribution >= 4 is 0 Å². The highest BCUT2D eigenvalue weighted by molar-refractivity contribution is 5.65. The van der Waals surface area contributed by atoms with Crippen LogP contribution in [0.5, 0.6) is 11.5 Å². The van der Waals surface area contributed by atoms with Gasteiger partial charge in [0.05, 0.1) is 12.3 Å². The minimum atomic E-state index is -4.71. The summed E-state index contributed by atoms with van der Waals surface area (Å²) in [4.78, 5) is 3.76. The van der Waals surface area contributed by atoms with E-state index in [4.69, 9.17) is 4.74 Å². The Bertz CT molecular complexity index is 1120. The van der Waals surface area contributed by atoms with Crippen LogP contribution in [0, 0.1) is 11.6 Å². The molecule has 0 aliphatic rings. The molecule has 3 rings (SSSR count). The number of pyridine rings is 1. The smallest absolute Gasteiger partial charge is 0.444 e. The lowest BCUT2D eigenvalue weighted by Gasteiger charge is -2.18. The highest BCUT2D eigenvalue weighted by Crippen LogP contribution is 2.33. The average Bonchev–Trinajstić information content (AvgIpc) is 2.76. The van der Waals surface area contributed by atoms with E-state index >= 15 is 0 Å². The quantitative estimate of drug-likeness (QED) is 0.244. The van der Waals surface area contributed by atoms with Gasteiger partial charge < -0.3 is 9.47 Å². The molecule has 0 fully saturated rings. The van der Waals surface area contributed by atoms with Gasteiger partial charge in [0.2, 0.25) is 0 Å². The maximum absolute atomic E-state index is 14.4. The fourth-order valence-corrected chi connectivity index (χ4v) is 2.97. The number of ether oxygens (including phenoxy) is 2. The van der Waals surface area contributed by atoms with Crippen molar-refractivity contribution in [2.75, 3.05) is 0 Å². The predicted octanol–water partition coefficient (Wildman–Crippen LogP) is 7.56. The molecule has 0 unspecified atom stereocenters. The molecule has 1 heterocycles. The summed E-state index contributed by atoms with van der Waals surface area (Å²) in [5.41, 5.74) is 0.496. The first-order valence-corrected chi connectivity index (χ1v) is 10.0. The van der Waals surface area contributed by atoms with Crippen molar-refractivity contribution in [3.63, 3.8) is 0 Å². The van der Waals surface area contributed by atoms with E-state index in [0.717, 1.165) is 24.1 Å². The molecule has 0 amide bonds. The lowest BCUT2D eigenvalue weighted by atomic mass is 10.0. The summed E-state index contributed by atoms with van der Waals surface area (Å²) in [5, 5.41) is 0. The molecule has 10 heteroatoms. The van der Waals surface area contributed by atoms with Gasteiger partial charge in [0, 0.05) is 6.20 Å². The molecule has 0 atom stereocenters. The molecule has 34 heavy (non-hydrogen) atoms. The zero-order valence-corrected chi connectivity index (χ0v) is 17.7. The fraction of sp³-hybridized carbons (Fsp3) is 0.208. The van der Waals surface area contributed by atoms with E-state index in [1.54, 1.807) is 6.07 Å². The first kappa shape index (κ1) is 25.1.